The Morgan fingerprint density at radius 2 is 2.15 bits per heavy atom. The van der Waals surface area contributed by atoms with E-state index in [1.165, 1.54) is 7.11 Å². The van der Waals surface area contributed by atoms with E-state index in [0.29, 0.717) is 22.9 Å². The van der Waals surface area contributed by atoms with E-state index in [1.807, 2.05) is 13.8 Å². The summed E-state index contributed by atoms with van der Waals surface area (Å²) in [4.78, 5) is 12.0. The standard InChI is InChI=1S/C14H21ClN2O3/c1-9(2)11(6-7-18)16-14(19)17-12-8-10(15)4-5-13(12)20-3/h4-5,8-9,11,18H,6-7H2,1-3H3,(H2,16,17,19). The average Bonchev–Trinajstić information content (AvgIpc) is 2.38. The van der Waals surface area contributed by atoms with Gasteiger partial charge in [-0.1, -0.05) is 25.4 Å². The van der Waals surface area contributed by atoms with Crippen LogP contribution in [0.4, 0.5) is 10.5 Å². The van der Waals surface area contributed by atoms with Crippen LogP contribution in [0.15, 0.2) is 18.2 Å². The fourth-order valence-corrected chi connectivity index (χ4v) is 1.99. The van der Waals surface area contributed by atoms with Crippen molar-refractivity contribution in [2.24, 2.45) is 5.92 Å². The van der Waals surface area contributed by atoms with Crippen LogP contribution < -0.4 is 15.4 Å². The summed E-state index contributed by atoms with van der Waals surface area (Å²) in [5.41, 5.74) is 0.504. The highest BCUT2D eigenvalue weighted by molar-refractivity contribution is 6.31. The van der Waals surface area contributed by atoms with Gasteiger partial charge in [0.15, 0.2) is 0 Å². The predicted molar refractivity (Wildman–Crippen MR) is 80.5 cm³/mol. The lowest BCUT2D eigenvalue weighted by Crippen LogP contribution is -2.41. The molecule has 2 amide bonds. The van der Waals surface area contributed by atoms with Gasteiger partial charge in [0.25, 0.3) is 0 Å². The second-order valence-corrected chi connectivity index (χ2v) is 5.24. The fourth-order valence-electron chi connectivity index (χ4n) is 1.82. The van der Waals surface area contributed by atoms with Crippen LogP contribution in [-0.2, 0) is 0 Å². The molecule has 6 heteroatoms. The fraction of sp³-hybridized carbons (Fsp3) is 0.500. The molecule has 0 spiro atoms. The Hall–Kier alpha value is -1.46. The molecule has 0 bridgehead atoms. The first-order chi connectivity index (χ1) is 9.47. The number of hydrogen-bond donors (Lipinski definition) is 3. The van der Waals surface area contributed by atoms with Crippen LogP contribution in [0.2, 0.25) is 5.02 Å². The van der Waals surface area contributed by atoms with Crippen molar-refractivity contribution in [2.45, 2.75) is 26.3 Å². The van der Waals surface area contributed by atoms with Crippen molar-refractivity contribution in [1.29, 1.82) is 0 Å². The van der Waals surface area contributed by atoms with E-state index < -0.39 is 0 Å². The molecule has 0 saturated heterocycles. The summed E-state index contributed by atoms with van der Waals surface area (Å²) in [6.07, 6.45) is 0.512. The van der Waals surface area contributed by atoms with Gasteiger partial charge in [0.05, 0.1) is 12.8 Å². The zero-order chi connectivity index (χ0) is 15.1. The molecule has 1 unspecified atom stereocenters. The van der Waals surface area contributed by atoms with E-state index in [4.69, 9.17) is 21.4 Å². The molecule has 3 N–H and O–H groups in total. The number of ether oxygens (including phenoxy) is 1. The van der Waals surface area contributed by atoms with Crippen molar-refractivity contribution in [3.8, 4) is 5.75 Å². The van der Waals surface area contributed by atoms with Crippen molar-refractivity contribution >= 4 is 23.3 Å². The Balaban J connectivity index is 2.72. The normalized spacial score (nSPS) is 12.1. The number of aliphatic hydroxyl groups excluding tert-OH is 1. The summed E-state index contributed by atoms with van der Waals surface area (Å²) >= 11 is 5.90. The van der Waals surface area contributed by atoms with Crippen molar-refractivity contribution in [2.75, 3.05) is 19.0 Å². The lowest BCUT2D eigenvalue weighted by atomic mass is 10.0. The highest BCUT2D eigenvalue weighted by Gasteiger charge is 2.16. The summed E-state index contributed by atoms with van der Waals surface area (Å²) < 4.78 is 5.16. The third-order valence-electron chi connectivity index (χ3n) is 2.97. The molecular weight excluding hydrogens is 280 g/mol. The number of halogens is 1. The highest BCUT2D eigenvalue weighted by atomic mass is 35.5. The number of carbonyl (C=O) groups excluding carboxylic acids is 1. The number of nitrogens with one attached hydrogen (secondary N) is 2. The summed E-state index contributed by atoms with van der Waals surface area (Å²) in [5, 5.41) is 15.0. The zero-order valence-electron chi connectivity index (χ0n) is 11.9. The minimum absolute atomic E-state index is 0.0314. The van der Waals surface area contributed by atoms with Crippen LogP contribution in [0.1, 0.15) is 20.3 Å². The van der Waals surface area contributed by atoms with Gasteiger partial charge in [-0.25, -0.2) is 4.79 Å². The molecule has 112 valence electrons. The van der Waals surface area contributed by atoms with E-state index >= 15 is 0 Å². The molecule has 1 atom stereocenters. The third-order valence-corrected chi connectivity index (χ3v) is 3.21. The quantitative estimate of drug-likeness (QED) is 0.756. The van der Waals surface area contributed by atoms with E-state index in [1.54, 1.807) is 18.2 Å². The van der Waals surface area contributed by atoms with Gasteiger partial charge in [-0.15, -0.1) is 0 Å². The molecule has 1 rings (SSSR count). The van der Waals surface area contributed by atoms with Crippen LogP contribution >= 0.6 is 11.6 Å². The lowest BCUT2D eigenvalue weighted by molar-refractivity contribution is 0.227. The smallest absolute Gasteiger partial charge is 0.319 e. The Kier molecular flexibility index (Phi) is 6.61. The minimum Gasteiger partial charge on any atom is -0.495 e. The van der Waals surface area contributed by atoms with Crippen LogP contribution in [-0.4, -0.2) is 30.9 Å². The number of methoxy groups -OCH3 is 1. The number of benzene rings is 1. The number of carbonyl (C=O) groups is 1. The Labute approximate surface area is 124 Å². The first kappa shape index (κ1) is 16.6. The number of aliphatic hydroxyl groups is 1. The number of rotatable bonds is 6. The van der Waals surface area contributed by atoms with E-state index in [-0.39, 0.29) is 24.6 Å². The second kappa shape index (κ2) is 7.97. The van der Waals surface area contributed by atoms with Crippen molar-refractivity contribution < 1.29 is 14.6 Å². The lowest BCUT2D eigenvalue weighted by Gasteiger charge is -2.22. The Bertz CT molecular complexity index is 452. The van der Waals surface area contributed by atoms with Crippen LogP contribution in [0, 0.1) is 5.92 Å². The van der Waals surface area contributed by atoms with Gasteiger partial charge in [0.1, 0.15) is 5.75 Å². The number of amides is 2. The van der Waals surface area contributed by atoms with E-state index in [2.05, 4.69) is 10.6 Å². The Morgan fingerprint density at radius 3 is 2.70 bits per heavy atom. The zero-order valence-corrected chi connectivity index (χ0v) is 12.7. The van der Waals surface area contributed by atoms with Gasteiger partial charge in [0, 0.05) is 17.7 Å². The average molecular weight is 301 g/mol. The summed E-state index contributed by atoms with van der Waals surface area (Å²) in [5.74, 6) is 0.766. The molecule has 0 radical (unpaired) electrons. The van der Waals surface area contributed by atoms with E-state index in [0.717, 1.165) is 0 Å². The predicted octanol–water partition coefficient (Wildman–Crippen LogP) is 2.88. The maximum absolute atomic E-state index is 12.0. The maximum Gasteiger partial charge on any atom is 0.319 e. The second-order valence-electron chi connectivity index (χ2n) is 4.81. The Morgan fingerprint density at radius 1 is 1.45 bits per heavy atom. The first-order valence-corrected chi connectivity index (χ1v) is 6.87. The number of urea groups is 1. The summed E-state index contributed by atoms with van der Waals surface area (Å²) in [7, 11) is 1.52. The molecule has 0 aliphatic carbocycles. The minimum atomic E-state index is -0.349. The molecule has 20 heavy (non-hydrogen) atoms. The molecule has 0 heterocycles. The largest absolute Gasteiger partial charge is 0.495 e. The van der Waals surface area contributed by atoms with Crippen LogP contribution in [0.3, 0.4) is 0 Å². The molecule has 0 saturated carbocycles. The molecule has 1 aromatic rings. The molecule has 0 aromatic heterocycles. The molecule has 0 aliphatic rings. The van der Waals surface area contributed by atoms with Crippen LogP contribution in [0.25, 0.3) is 0 Å². The molecule has 0 aliphatic heterocycles. The number of hydrogen-bond acceptors (Lipinski definition) is 3. The van der Waals surface area contributed by atoms with Crippen molar-refractivity contribution in [1.82, 2.24) is 5.32 Å². The van der Waals surface area contributed by atoms with Gasteiger partial charge >= 0.3 is 6.03 Å². The van der Waals surface area contributed by atoms with Gasteiger partial charge in [-0.3, -0.25) is 0 Å². The highest BCUT2D eigenvalue weighted by Crippen LogP contribution is 2.27. The molecule has 0 fully saturated rings. The topological polar surface area (TPSA) is 70.6 Å². The van der Waals surface area contributed by atoms with Gasteiger partial charge in [-0.2, -0.15) is 0 Å². The van der Waals surface area contributed by atoms with E-state index in [9.17, 15) is 4.79 Å². The van der Waals surface area contributed by atoms with Crippen molar-refractivity contribution in [3.63, 3.8) is 0 Å². The van der Waals surface area contributed by atoms with Gasteiger partial charge in [0.2, 0.25) is 0 Å². The van der Waals surface area contributed by atoms with Gasteiger partial charge < -0.3 is 20.5 Å². The maximum atomic E-state index is 12.0. The molecular formula is C14H21ClN2O3. The summed E-state index contributed by atoms with van der Waals surface area (Å²) in [6, 6.07) is 4.55. The third kappa shape index (κ3) is 4.90. The molecule has 1 aromatic carbocycles. The van der Waals surface area contributed by atoms with Crippen molar-refractivity contribution in [3.05, 3.63) is 23.2 Å². The first-order valence-electron chi connectivity index (χ1n) is 6.49. The summed E-state index contributed by atoms with van der Waals surface area (Å²) in [6.45, 7) is 4.00. The van der Waals surface area contributed by atoms with Gasteiger partial charge in [-0.05, 0) is 30.5 Å². The number of anilines is 1. The SMILES string of the molecule is COc1ccc(Cl)cc1NC(=O)NC(CCO)C(C)C. The van der Waals surface area contributed by atoms with Crippen LogP contribution in [0.5, 0.6) is 5.75 Å². The molecule has 5 nitrogen and oxygen atoms in total. The monoisotopic (exact) mass is 300 g/mol.